The van der Waals surface area contributed by atoms with Crippen molar-refractivity contribution in [2.75, 3.05) is 13.1 Å². The zero-order chi connectivity index (χ0) is 17.7. The van der Waals surface area contributed by atoms with Gasteiger partial charge in [-0.1, -0.05) is 23.4 Å². The normalized spacial score (nSPS) is 22.1. The Bertz CT molecular complexity index is 1060. The van der Waals surface area contributed by atoms with E-state index in [-0.39, 0.29) is 29.3 Å². The summed E-state index contributed by atoms with van der Waals surface area (Å²) in [6.45, 7) is 1.53. The number of hydrogen-bond donors (Lipinski definition) is 1. The van der Waals surface area contributed by atoms with Crippen LogP contribution in [0.4, 0.5) is 0 Å². The Morgan fingerprint density at radius 2 is 2.12 bits per heavy atom. The maximum absolute atomic E-state index is 13.1. The predicted octanol–water partition coefficient (Wildman–Crippen LogP) is 0.501. The fourth-order valence-electron chi connectivity index (χ4n) is 3.79. The second-order valence-electron chi connectivity index (χ2n) is 6.57. The second-order valence-corrected chi connectivity index (χ2v) is 6.57. The molecule has 2 aliphatic heterocycles. The molecule has 0 bridgehead atoms. The fourth-order valence-corrected chi connectivity index (χ4v) is 3.79. The summed E-state index contributed by atoms with van der Waals surface area (Å²) in [4.78, 5) is 26.8. The van der Waals surface area contributed by atoms with Crippen molar-refractivity contribution in [3.8, 4) is 0 Å². The van der Waals surface area contributed by atoms with Crippen LogP contribution in [0, 0.1) is 0 Å². The van der Waals surface area contributed by atoms with E-state index in [2.05, 4.69) is 20.5 Å². The van der Waals surface area contributed by atoms with Crippen LogP contribution in [0.3, 0.4) is 0 Å². The number of hydrogen-bond acceptors (Lipinski definition) is 6. The maximum Gasteiger partial charge on any atom is 0.275 e. The number of benzene rings is 1. The number of amides is 1. The van der Waals surface area contributed by atoms with Gasteiger partial charge in [-0.15, -0.1) is 5.10 Å². The molecule has 0 spiro atoms. The lowest BCUT2D eigenvalue weighted by Gasteiger charge is -2.40. The zero-order valence-corrected chi connectivity index (χ0v) is 13.8. The third-order valence-corrected chi connectivity index (χ3v) is 5.11. The molecule has 1 N–H and O–H groups in total. The topological polar surface area (TPSA) is 106 Å². The average Bonchev–Trinajstić information content (AvgIpc) is 3.17. The van der Waals surface area contributed by atoms with Crippen LogP contribution in [0.15, 0.2) is 35.3 Å². The largest absolute Gasteiger partial charge is 0.370 e. The number of nitrogens with one attached hydrogen (secondary N) is 1. The number of H-pyrrole nitrogens is 1. The minimum absolute atomic E-state index is 0.0218. The molecule has 1 saturated heterocycles. The number of fused-ring (bicyclic) bond motifs is 4. The highest BCUT2D eigenvalue weighted by Gasteiger charge is 2.38. The molecule has 9 nitrogen and oxygen atoms in total. The third-order valence-electron chi connectivity index (χ3n) is 5.11. The minimum atomic E-state index is -0.302. The summed E-state index contributed by atoms with van der Waals surface area (Å²) in [7, 11) is 0. The molecule has 0 saturated carbocycles. The molecule has 2 aliphatic rings. The first kappa shape index (κ1) is 15.2. The molecule has 0 aliphatic carbocycles. The van der Waals surface area contributed by atoms with E-state index in [9.17, 15) is 9.59 Å². The van der Waals surface area contributed by atoms with Crippen LogP contribution in [-0.4, -0.2) is 55.2 Å². The van der Waals surface area contributed by atoms with Gasteiger partial charge in [-0.25, -0.2) is 9.78 Å². The monoisotopic (exact) mass is 352 g/mol. The van der Waals surface area contributed by atoms with Gasteiger partial charge in [0.05, 0.1) is 36.0 Å². The quantitative estimate of drug-likeness (QED) is 0.684. The molecule has 4 heterocycles. The standard InChI is InChI=1S/C17H16N6O3/c24-16-12-4-2-1-3-11(12)15(19-20-16)17(25)22-6-5-14-13(8-22)23-10(9-26-14)7-18-21-23/h1-4,7,13-14H,5-6,8-9H2,(H,20,24)/t13-,14-/m0/s1. The number of nitrogens with zero attached hydrogens (tertiary/aromatic N) is 5. The highest BCUT2D eigenvalue weighted by atomic mass is 16.5. The molecule has 132 valence electrons. The van der Waals surface area contributed by atoms with Crippen molar-refractivity contribution in [1.29, 1.82) is 0 Å². The van der Waals surface area contributed by atoms with Crippen LogP contribution >= 0.6 is 0 Å². The summed E-state index contributed by atoms with van der Waals surface area (Å²) in [5.41, 5.74) is 0.867. The van der Waals surface area contributed by atoms with Gasteiger partial charge in [0.25, 0.3) is 11.5 Å². The molecule has 1 aromatic carbocycles. The molecule has 1 amide bonds. The average molecular weight is 352 g/mol. The van der Waals surface area contributed by atoms with Gasteiger partial charge in [0.2, 0.25) is 0 Å². The smallest absolute Gasteiger partial charge is 0.275 e. The number of likely N-dealkylation sites (tertiary alicyclic amines) is 1. The summed E-state index contributed by atoms with van der Waals surface area (Å²) in [6, 6.07) is 6.94. The lowest BCUT2D eigenvalue weighted by atomic mass is 9.99. The van der Waals surface area contributed by atoms with Gasteiger partial charge in [-0.2, -0.15) is 5.10 Å². The summed E-state index contributed by atoms with van der Waals surface area (Å²) >= 11 is 0. The van der Waals surface area contributed by atoms with E-state index < -0.39 is 0 Å². The lowest BCUT2D eigenvalue weighted by Crippen LogP contribution is -2.50. The molecule has 9 heteroatoms. The molecular formula is C17H16N6O3. The van der Waals surface area contributed by atoms with Crippen LogP contribution in [0.25, 0.3) is 10.8 Å². The molecule has 26 heavy (non-hydrogen) atoms. The summed E-state index contributed by atoms with van der Waals surface area (Å²) in [5.74, 6) is -0.205. The first-order valence-electron chi connectivity index (χ1n) is 8.50. The Morgan fingerprint density at radius 1 is 1.27 bits per heavy atom. The Kier molecular flexibility index (Phi) is 3.35. The number of piperidine rings is 1. The number of ether oxygens (including phenoxy) is 1. The van der Waals surface area contributed by atoms with E-state index in [1.54, 1.807) is 35.4 Å². The van der Waals surface area contributed by atoms with Crippen LogP contribution in [-0.2, 0) is 11.3 Å². The van der Waals surface area contributed by atoms with E-state index in [1.807, 2.05) is 4.68 Å². The second kappa shape index (κ2) is 5.73. The van der Waals surface area contributed by atoms with Crippen molar-refractivity contribution >= 4 is 16.7 Å². The minimum Gasteiger partial charge on any atom is -0.370 e. The first-order valence-corrected chi connectivity index (χ1v) is 8.50. The third kappa shape index (κ3) is 2.24. The van der Waals surface area contributed by atoms with E-state index >= 15 is 0 Å². The summed E-state index contributed by atoms with van der Waals surface area (Å²) < 4.78 is 7.74. The Hall–Kier alpha value is -3.07. The zero-order valence-electron chi connectivity index (χ0n) is 13.8. The molecule has 1 fully saturated rings. The van der Waals surface area contributed by atoms with Crippen LogP contribution in [0.2, 0.25) is 0 Å². The molecular weight excluding hydrogens is 336 g/mol. The number of rotatable bonds is 1. The van der Waals surface area contributed by atoms with Gasteiger partial charge in [0.15, 0.2) is 5.69 Å². The molecule has 2 aromatic heterocycles. The van der Waals surface area contributed by atoms with Crippen LogP contribution in [0.5, 0.6) is 0 Å². The molecule has 3 aromatic rings. The number of carbonyl (C=O) groups is 1. The van der Waals surface area contributed by atoms with Gasteiger partial charge < -0.3 is 9.64 Å². The van der Waals surface area contributed by atoms with Crippen molar-refractivity contribution in [2.24, 2.45) is 0 Å². The van der Waals surface area contributed by atoms with Crippen molar-refractivity contribution in [2.45, 2.75) is 25.2 Å². The highest BCUT2D eigenvalue weighted by molar-refractivity contribution is 6.04. The molecule has 5 rings (SSSR count). The Morgan fingerprint density at radius 3 is 3.00 bits per heavy atom. The predicted molar refractivity (Wildman–Crippen MR) is 90.5 cm³/mol. The number of aromatic amines is 1. The molecule has 0 unspecified atom stereocenters. The van der Waals surface area contributed by atoms with Crippen molar-refractivity contribution in [1.82, 2.24) is 30.1 Å². The SMILES string of the molecule is O=C(c1n[nH]c(=O)c2ccccc12)N1CC[C@@H]2OCc3cnnn3[C@H]2C1. The van der Waals surface area contributed by atoms with Gasteiger partial charge >= 0.3 is 0 Å². The Labute approximate surface area is 147 Å². The lowest BCUT2D eigenvalue weighted by molar-refractivity contribution is -0.0605. The Balaban J connectivity index is 1.49. The van der Waals surface area contributed by atoms with E-state index in [4.69, 9.17) is 4.74 Å². The van der Waals surface area contributed by atoms with Crippen LogP contribution < -0.4 is 5.56 Å². The van der Waals surface area contributed by atoms with Crippen molar-refractivity contribution in [3.05, 3.63) is 52.2 Å². The summed E-state index contributed by atoms with van der Waals surface area (Å²) in [6.07, 6.45) is 2.43. The number of aromatic nitrogens is 5. The van der Waals surface area contributed by atoms with E-state index in [1.165, 1.54) is 0 Å². The van der Waals surface area contributed by atoms with E-state index in [0.717, 1.165) is 12.1 Å². The first-order chi connectivity index (χ1) is 12.7. The molecule has 2 atom stereocenters. The fraction of sp³-hybridized carbons (Fsp3) is 0.353. The maximum atomic E-state index is 13.1. The van der Waals surface area contributed by atoms with Crippen molar-refractivity contribution < 1.29 is 9.53 Å². The van der Waals surface area contributed by atoms with Crippen LogP contribution in [0.1, 0.15) is 28.6 Å². The summed E-state index contributed by atoms with van der Waals surface area (Å²) in [5, 5.41) is 15.6. The molecule has 0 radical (unpaired) electrons. The van der Waals surface area contributed by atoms with Gasteiger partial charge in [-0.05, 0) is 12.5 Å². The number of carbonyl (C=O) groups excluding carboxylic acids is 1. The van der Waals surface area contributed by atoms with E-state index in [0.29, 0.717) is 30.5 Å². The van der Waals surface area contributed by atoms with Gasteiger partial charge in [-0.3, -0.25) is 9.59 Å². The van der Waals surface area contributed by atoms with Gasteiger partial charge in [0.1, 0.15) is 0 Å². The van der Waals surface area contributed by atoms with Gasteiger partial charge in [0, 0.05) is 18.5 Å². The van der Waals surface area contributed by atoms with Crippen molar-refractivity contribution in [3.63, 3.8) is 0 Å². The highest BCUT2D eigenvalue weighted by Crippen LogP contribution is 2.30.